The summed E-state index contributed by atoms with van der Waals surface area (Å²) in [6.45, 7) is 0.541. The maximum atomic E-state index is 12.8. The van der Waals surface area contributed by atoms with E-state index >= 15 is 0 Å². The summed E-state index contributed by atoms with van der Waals surface area (Å²) >= 11 is 0. The molecule has 3 aromatic rings. The highest BCUT2D eigenvalue weighted by atomic mass is 32.2. The zero-order valence-electron chi connectivity index (χ0n) is 15.1. The SMILES string of the molecule is O=S(=O)(c1ccc(OC(F)(F)F)cc1)N1CCC(c2nc3ccccc3o2)CC1. The molecule has 1 fully saturated rings. The Morgan fingerprint density at radius 2 is 1.69 bits per heavy atom. The molecule has 1 aromatic heterocycles. The van der Waals surface area contributed by atoms with Crippen molar-refractivity contribution < 1.29 is 30.7 Å². The fourth-order valence-corrected chi connectivity index (χ4v) is 4.84. The zero-order chi connectivity index (χ0) is 20.6. The second-order valence-electron chi connectivity index (χ2n) is 6.72. The van der Waals surface area contributed by atoms with Crippen LogP contribution < -0.4 is 4.74 Å². The van der Waals surface area contributed by atoms with Crippen molar-refractivity contribution in [2.24, 2.45) is 0 Å². The number of sulfonamides is 1. The Kier molecular flexibility index (Phi) is 4.99. The predicted molar refractivity (Wildman–Crippen MR) is 97.9 cm³/mol. The second-order valence-corrected chi connectivity index (χ2v) is 8.66. The van der Waals surface area contributed by atoms with Gasteiger partial charge < -0.3 is 9.15 Å². The number of para-hydroxylation sites is 2. The minimum Gasteiger partial charge on any atom is -0.440 e. The van der Waals surface area contributed by atoms with Gasteiger partial charge in [-0.25, -0.2) is 13.4 Å². The molecule has 1 aliphatic heterocycles. The Labute approximate surface area is 164 Å². The molecule has 0 N–H and O–H groups in total. The summed E-state index contributed by atoms with van der Waals surface area (Å²) in [5.41, 5.74) is 1.46. The van der Waals surface area contributed by atoms with Gasteiger partial charge in [0.15, 0.2) is 11.5 Å². The average molecular weight is 426 g/mol. The summed E-state index contributed by atoms with van der Waals surface area (Å²) in [5.74, 6) is 0.138. The van der Waals surface area contributed by atoms with Crippen LogP contribution in [0.2, 0.25) is 0 Å². The van der Waals surface area contributed by atoms with Crippen molar-refractivity contribution in [2.75, 3.05) is 13.1 Å². The van der Waals surface area contributed by atoms with Crippen LogP contribution in [0.15, 0.2) is 57.8 Å². The van der Waals surface area contributed by atoms with Gasteiger partial charge in [0.2, 0.25) is 10.0 Å². The number of hydrogen-bond acceptors (Lipinski definition) is 5. The molecule has 10 heteroatoms. The number of halogens is 3. The fourth-order valence-electron chi connectivity index (χ4n) is 3.37. The molecule has 2 aromatic carbocycles. The number of benzene rings is 2. The highest BCUT2D eigenvalue weighted by Gasteiger charge is 2.33. The quantitative estimate of drug-likeness (QED) is 0.622. The Hall–Kier alpha value is -2.59. The van der Waals surface area contributed by atoms with Crippen LogP contribution in [0.4, 0.5) is 13.2 Å². The number of aromatic nitrogens is 1. The minimum absolute atomic E-state index is 0.0106. The largest absolute Gasteiger partial charge is 0.573 e. The maximum absolute atomic E-state index is 12.8. The number of rotatable bonds is 4. The Morgan fingerprint density at radius 3 is 2.31 bits per heavy atom. The molecule has 4 rings (SSSR count). The Bertz CT molecular complexity index is 1070. The normalized spacial score (nSPS) is 16.9. The molecule has 0 amide bonds. The first kappa shape index (κ1) is 19.7. The van der Waals surface area contributed by atoms with Crippen molar-refractivity contribution in [3.63, 3.8) is 0 Å². The lowest BCUT2D eigenvalue weighted by Crippen LogP contribution is -2.37. The van der Waals surface area contributed by atoms with Crippen LogP contribution in [0.5, 0.6) is 5.75 Å². The number of hydrogen-bond donors (Lipinski definition) is 0. The summed E-state index contributed by atoms with van der Waals surface area (Å²) in [7, 11) is -3.81. The second kappa shape index (κ2) is 7.34. The predicted octanol–water partition coefficient (Wildman–Crippen LogP) is 4.29. The van der Waals surface area contributed by atoms with Crippen molar-refractivity contribution in [1.82, 2.24) is 9.29 Å². The Balaban J connectivity index is 1.44. The van der Waals surface area contributed by atoms with Crippen LogP contribution >= 0.6 is 0 Å². The summed E-state index contributed by atoms with van der Waals surface area (Å²) in [6, 6.07) is 11.6. The molecular weight excluding hydrogens is 409 g/mol. The molecule has 6 nitrogen and oxygen atoms in total. The van der Waals surface area contributed by atoms with Crippen LogP contribution in [0.25, 0.3) is 11.1 Å². The van der Waals surface area contributed by atoms with Gasteiger partial charge in [0, 0.05) is 19.0 Å². The van der Waals surface area contributed by atoms with Gasteiger partial charge in [-0.1, -0.05) is 12.1 Å². The van der Waals surface area contributed by atoms with Crippen molar-refractivity contribution >= 4 is 21.1 Å². The van der Waals surface area contributed by atoms with Crippen molar-refractivity contribution in [2.45, 2.75) is 30.0 Å². The topological polar surface area (TPSA) is 72.6 Å². The van der Waals surface area contributed by atoms with Gasteiger partial charge in [0.1, 0.15) is 11.3 Å². The molecule has 0 radical (unpaired) electrons. The summed E-state index contributed by atoms with van der Waals surface area (Å²) in [5, 5.41) is 0. The number of nitrogens with zero attached hydrogens (tertiary/aromatic N) is 2. The van der Waals surface area contributed by atoms with E-state index in [2.05, 4.69) is 9.72 Å². The molecule has 0 saturated carbocycles. The first-order chi connectivity index (χ1) is 13.7. The number of alkyl halides is 3. The highest BCUT2D eigenvalue weighted by Crippen LogP contribution is 2.32. The van der Waals surface area contributed by atoms with Crippen LogP contribution in [-0.4, -0.2) is 37.2 Å². The summed E-state index contributed by atoms with van der Waals surface area (Å²) in [4.78, 5) is 4.40. The number of ether oxygens (including phenoxy) is 1. The molecule has 0 unspecified atom stereocenters. The monoisotopic (exact) mass is 426 g/mol. The molecule has 154 valence electrons. The van der Waals surface area contributed by atoms with Crippen LogP contribution in [0, 0.1) is 0 Å². The van der Waals surface area contributed by atoms with Crippen LogP contribution in [0.1, 0.15) is 24.7 Å². The molecule has 29 heavy (non-hydrogen) atoms. The molecule has 1 aliphatic rings. The lowest BCUT2D eigenvalue weighted by atomic mass is 9.98. The van der Waals surface area contributed by atoms with E-state index < -0.39 is 22.1 Å². The molecule has 0 spiro atoms. The van der Waals surface area contributed by atoms with Gasteiger partial charge in [0.05, 0.1) is 4.90 Å². The molecule has 2 heterocycles. The fraction of sp³-hybridized carbons (Fsp3) is 0.316. The molecule has 0 atom stereocenters. The maximum Gasteiger partial charge on any atom is 0.573 e. The van der Waals surface area contributed by atoms with E-state index in [1.54, 1.807) is 0 Å². The third kappa shape index (κ3) is 4.23. The van der Waals surface area contributed by atoms with Crippen molar-refractivity contribution in [1.29, 1.82) is 0 Å². The van der Waals surface area contributed by atoms with Crippen LogP contribution in [-0.2, 0) is 10.0 Å². The van der Waals surface area contributed by atoms with E-state index in [4.69, 9.17) is 4.42 Å². The molecule has 0 bridgehead atoms. The average Bonchev–Trinajstić information content (AvgIpc) is 3.11. The standard InChI is InChI=1S/C19H17F3N2O4S/c20-19(21,22)28-14-5-7-15(8-6-14)29(25,26)24-11-9-13(10-12-24)18-23-16-3-1-2-4-17(16)27-18/h1-8,13H,9-12H2. The van der Waals surface area contributed by atoms with Crippen LogP contribution in [0.3, 0.4) is 0 Å². The van der Waals surface area contributed by atoms with Gasteiger partial charge in [-0.15, -0.1) is 13.2 Å². The van der Waals surface area contributed by atoms with E-state index in [0.29, 0.717) is 24.3 Å². The number of piperidine rings is 1. The van der Waals surface area contributed by atoms with E-state index in [1.165, 1.54) is 4.31 Å². The van der Waals surface area contributed by atoms with E-state index in [0.717, 1.165) is 29.8 Å². The molecular formula is C19H17F3N2O4S. The molecule has 0 aliphatic carbocycles. The van der Waals surface area contributed by atoms with Crippen molar-refractivity contribution in [3.05, 3.63) is 54.4 Å². The van der Waals surface area contributed by atoms with E-state index in [-0.39, 0.29) is 23.9 Å². The Morgan fingerprint density at radius 1 is 1.03 bits per heavy atom. The zero-order valence-corrected chi connectivity index (χ0v) is 15.9. The highest BCUT2D eigenvalue weighted by molar-refractivity contribution is 7.89. The minimum atomic E-state index is -4.83. The van der Waals surface area contributed by atoms with Crippen molar-refractivity contribution in [3.8, 4) is 5.75 Å². The van der Waals surface area contributed by atoms with Gasteiger partial charge in [-0.3, -0.25) is 0 Å². The summed E-state index contributed by atoms with van der Waals surface area (Å²) < 4.78 is 73.2. The van der Waals surface area contributed by atoms with E-state index in [9.17, 15) is 21.6 Å². The van der Waals surface area contributed by atoms with Gasteiger partial charge >= 0.3 is 6.36 Å². The lowest BCUT2D eigenvalue weighted by Gasteiger charge is -2.29. The van der Waals surface area contributed by atoms with E-state index in [1.807, 2.05) is 24.3 Å². The summed E-state index contributed by atoms with van der Waals surface area (Å²) in [6.07, 6.45) is -3.74. The molecule has 1 saturated heterocycles. The first-order valence-electron chi connectivity index (χ1n) is 8.94. The van der Waals surface area contributed by atoms with Gasteiger partial charge in [0.25, 0.3) is 0 Å². The number of fused-ring (bicyclic) bond motifs is 1. The van der Waals surface area contributed by atoms with Gasteiger partial charge in [-0.05, 0) is 49.2 Å². The third-order valence-corrected chi connectivity index (χ3v) is 6.72. The smallest absolute Gasteiger partial charge is 0.440 e. The third-order valence-electron chi connectivity index (χ3n) is 4.81. The van der Waals surface area contributed by atoms with Gasteiger partial charge in [-0.2, -0.15) is 4.31 Å². The first-order valence-corrected chi connectivity index (χ1v) is 10.4. The number of oxazole rings is 1. The lowest BCUT2D eigenvalue weighted by molar-refractivity contribution is -0.274.